The van der Waals surface area contributed by atoms with Gasteiger partial charge in [-0.15, -0.1) is 0 Å². The van der Waals surface area contributed by atoms with Crippen LogP contribution in [-0.2, 0) is 4.79 Å². The molecule has 0 aromatic heterocycles. The zero-order valence-corrected chi connectivity index (χ0v) is 15.0. The van der Waals surface area contributed by atoms with Crippen molar-refractivity contribution < 1.29 is 9.53 Å². The Labute approximate surface area is 153 Å². The van der Waals surface area contributed by atoms with Gasteiger partial charge in [-0.05, 0) is 42.4 Å². The lowest BCUT2D eigenvalue weighted by Gasteiger charge is -2.10. The number of carbonyl (C=O) groups excluding carboxylic acids is 1. The molecule has 130 valence electrons. The largest absolute Gasteiger partial charge is 0.494 e. The van der Waals surface area contributed by atoms with Gasteiger partial charge in [0.15, 0.2) is 5.11 Å². The number of ether oxygens (including phenoxy) is 1. The molecule has 2 aromatic carbocycles. The number of unbranched alkanes of at least 4 members (excludes halogenated alkanes) is 1. The normalized spacial score (nSPS) is 10.4. The third kappa shape index (κ3) is 7.18. The molecular weight excluding hydrogens is 332 g/mol. The summed E-state index contributed by atoms with van der Waals surface area (Å²) in [4.78, 5) is 11.9. The average Bonchev–Trinajstić information content (AvgIpc) is 2.61. The molecule has 0 aliphatic rings. The smallest absolute Gasteiger partial charge is 0.250 e. The molecule has 1 amide bonds. The van der Waals surface area contributed by atoms with Crippen LogP contribution < -0.4 is 15.4 Å². The molecule has 0 atom stereocenters. The Morgan fingerprint density at radius 2 is 1.96 bits per heavy atom. The van der Waals surface area contributed by atoms with Crippen molar-refractivity contribution in [2.24, 2.45) is 0 Å². The van der Waals surface area contributed by atoms with Crippen LogP contribution in [0.4, 0.5) is 5.69 Å². The third-order valence-corrected chi connectivity index (χ3v) is 3.53. The first kappa shape index (κ1) is 18.7. The summed E-state index contributed by atoms with van der Waals surface area (Å²) < 4.78 is 5.66. The minimum absolute atomic E-state index is 0.244. The van der Waals surface area contributed by atoms with Crippen LogP contribution >= 0.6 is 12.2 Å². The predicted molar refractivity (Wildman–Crippen MR) is 107 cm³/mol. The van der Waals surface area contributed by atoms with Crippen molar-refractivity contribution in [2.45, 2.75) is 19.8 Å². The number of rotatable bonds is 7. The van der Waals surface area contributed by atoms with Crippen LogP contribution in [0.1, 0.15) is 25.3 Å². The van der Waals surface area contributed by atoms with Gasteiger partial charge in [-0.3, -0.25) is 10.1 Å². The highest BCUT2D eigenvalue weighted by atomic mass is 32.1. The Bertz CT molecular complexity index is 729. The topological polar surface area (TPSA) is 50.4 Å². The van der Waals surface area contributed by atoms with Crippen LogP contribution in [0.3, 0.4) is 0 Å². The summed E-state index contributed by atoms with van der Waals surface area (Å²) >= 11 is 5.17. The molecular formula is C20H22N2O2S. The van der Waals surface area contributed by atoms with Crippen molar-refractivity contribution in [3.8, 4) is 5.75 Å². The standard InChI is InChI=1S/C20H22N2O2S/c1-2-3-14-24-18-11-7-10-17(15-18)21-20(25)22-19(23)13-12-16-8-5-4-6-9-16/h4-13,15H,2-3,14H2,1H3,(H2,21,22,23,25)/b13-12+. The Hall–Kier alpha value is -2.66. The minimum Gasteiger partial charge on any atom is -0.494 e. The highest BCUT2D eigenvalue weighted by Gasteiger charge is 2.03. The second-order valence-corrected chi connectivity index (χ2v) is 5.83. The van der Waals surface area contributed by atoms with Gasteiger partial charge >= 0.3 is 0 Å². The molecule has 0 saturated heterocycles. The number of benzene rings is 2. The molecule has 0 aliphatic carbocycles. The maximum atomic E-state index is 11.9. The summed E-state index contributed by atoms with van der Waals surface area (Å²) in [6.45, 7) is 2.81. The van der Waals surface area contributed by atoms with E-state index in [0.717, 1.165) is 29.8 Å². The van der Waals surface area contributed by atoms with Gasteiger partial charge in [0.1, 0.15) is 5.75 Å². The van der Waals surface area contributed by atoms with Gasteiger partial charge in [0.05, 0.1) is 6.61 Å². The van der Waals surface area contributed by atoms with Gasteiger partial charge in [-0.1, -0.05) is 49.7 Å². The van der Waals surface area contributed by atoms with Gasteiger partial charge in [0, 0.05) is 17.8 Å². The molecule has 0 radical (unpaired) electrons. The highest BCUT2D eigenvalue weighted by Crippen LogP contribution is 2.17. The van der Waals surface area contributed by atoms with Gasteiger partial charge < -0.3 is 10.1 Å². The van der Waals surface area contributed by atoms with Crippen molar-refractivity contribution in [1.29, 1.82) is 0 Å². The Balaban J connectivity index is 1.84. The van der Waals surface area contributed by atoms with Crippen molar-refractivity contribution in [2.75, 3.05) is 11.9 Å². The zero-order valence-electron chi connectivity index (χ0n) is 14.2. The van der Waals surface area contributed by atoms with Gasteiger partial charge in [-0.2, -0.15) is 0 Å². The van der Waals surface area contributed by atoms with E-state index in [1.807, 2.05) is 54.6 Å². The minimum atomic E-state index is -0.281. The fraction of sp³-hybridized carbons (Fsp3) is 0.200. The molecule has 0 spiro atoms. The molecule has 0 saturated carbocycles. The van der Waals surface area contributed by atoms with Crippen LogP contribution in [0.15, 0.2) is 60.7 Å². The second-order valence-electron chi connectivity index (χ2n) is 5.42. The van der Waals surface area contributed by atoms with Crippen molar-refractivity contribution in [3.05, 3.63) is 66.2 Å². The lowest BCUT2D eigenvalue weighted by molar-refractivity contribution is -0.115. The fourth-order valence-corrected chi connectivity index (χ4v) is 2.27. The zero-order chi connectivity index (χ0) is 17.9. The van der Waals surface area contributed by atoms with E-state index in [0.29, 0.717) is 6.61 Å². The maximum absolute atomic E-state index is 11.9. The lowest BCUT2D eigenvalue weighted by Crippen LogP contribution is -2.32. The number of hydrogen-bond acceptors (Lipinski definition) is 3. The Kier molecular flexibility index (Phi) is 7.66. The second kappa shape index (κ2) is 10.3. The number of thiocarbonyl (C=S) groups is 1. The highest BCUT2D eigenvalue weighted by molar-refractivity contribution is 7.80. The van der Waals surface area contributed by atoms with E-state index in [1.54, 1.807) is 6.08 Å². The molecule has 0 bridgehead atoms. The van der Waals surface area contributed by atoms with E-state index in [4.69, 9.17) is 17.0 Å². The quantitative estimate of drug-likeness (QED) is 0.440. The first-order valence-electron chi connectivity index (χ1n) is 8.25. The SMILES string of the molecule is CCCCOc1cccc(NC(=S)NC(=O)/C=C/c2ccccc2)c1. The summed E-state index contributed by atoms with van der Waals surface area (Å²) in [6, 6.07) is 17.1. The van der Waals surface area contributed by atoms with Crippen molar-refractivity contribution in [1.82, 2.24) is 5.32 Å². The molecule has 0 aliphatic heterocycles. The van der Waals surface area contributed by atoms with Crippen LogP contribution in [-0.4, -0.2) is 17.6 Å². The van der Waals surface area contributed by atoms with Crippen LogP contribution in [0.5, 0.6) is 5.75 Å². The molecule has 2 rings (SSSR count). The van der Waals surface area contributed by atoms with Crippen LogP contribution in [0.2, 0.25) is 0 Å². The van der Waals surface area contributed by atoms with E-state index in [1.165, 1.54) is 6.08 Å². The molecule has 0 unspecified atom stereocenters. The Morgan fingerprint density at radius 1 is 1.16 bits per heavy atom. The number of carbonyl (C=O) groups is 1. The van der Waals surface area contributed by atoms with Crippen LogP contribution in [0.25, 0.3) is 6.08 Å². The summed E-state index contributed by atoms with van der Waals surface area (Å²) in [6.07, 6.45) is 5.29. The average molecular weight is 354 g/mol. The first-order chi connectivity index (χ1) is 12.2. The molecule has 0 fully saturated rings. The molecule has 0 heterocycles. The van der Waals surface area contributed by atoms with Gasteiger partial charge in [-0.25, -0.2) is 0 Å². The van der Waals surface area contributed by atoms with Gasteiger partial charge in [0.2, 0.25) is 5.91 Å². The number of hydrogen-bond donors (Lipinski definition) is 2. The summed E-state index contributed by atoms with van der Waals surface area (Å²) in [5, 5.41) is 5.86. The maximum Gasteiger partial charge on any atom is 0.250 e. The lowest BCUT2D eigenvalue weighted by atomic mass is 10.2. The number of nitrogens with one attached hydrogen (secondary N) is 2. The van der Waals surface area contributed by atoms with Gasteiger partial charge in [0.25, 0.3) is 0 Å². The first-order valence-corrected chi connectivity index (χ1v) is 8.66. The monoisotopic (exact) mass is 354 g/mol. The molecule has 4 nitrogen and oxygen atoms in total. The third-order valence-electron chi connectivity index (χ3n) is 3.32. The predicted octanol–water partition coefficient (Wildman–Crippen LogP) is 4.39. The van der Waals surface area contributed by atoms with E-state index in [9.17, 15) is 4.79 Å². The van der Waals surface area contributed by atoms with Crippen molar-refractivity contribution in [3.63, 3.8) is 0 Å². The molecule has 25 heavy (non-hydrogen) atoms. The Morgan fingerprint density at radius 3 is 2.72 bits per heavy atom. The summed E-state index contributed by atoms with van der Waals surface area (Å²) in [5.41, 5.74) is 1.72. The molecule has 2 N–H and O–H groups in total. The summed E-state index contributed by atoms with van der Waals surface area (Å²) in [5.74, 6) is 0.494. The van der Waals surface area contributed by atoms with E-state index in [2.05, 4.69) is 17.6 Å². The van der Waals surface area contributed by atoms with Crippen LogP contribution in [0, 0.1) is 0 Å². The van der Waals surface area contributed by atoms with E-state index >= 15 is 0 Å². The molecule has 2 aromatic rings. The number of amides is 1. The van der Waals surface area contributed by atoms with E-state index < -0.39 is 0 Å². The fourth-order valence-electron chi connectivity index (χ4n) is 2.05. The summed E-state index contributed by atoms with van der Waals surface area (Å²) in [7, 11) is 0. The number of anilines is 1. The van der Waals surface area contributed by atoms with Crippen molar-refractivity contribution >= 4 is 35.0 Å². The van der Waals surface area contributed by atoms with E-state index in [-0.39, 0.29) is 11.0 Å². The molecule has 5 heteroatoms.